The molecule has 0 spiro atoms. The van der Waals surface area contributed by atoms with Crippen molar-refractivity contribution in [3.63, 3.8) is 0 Å². The first-order valence-electron chi connectivity index (χ1n) is 9.15. The molecule has 31 heavy (non-hydrogen) atoms. The van der Waals surface area contributed by atoms with E-state index < -0.39 is 5.97 Å². The zero-order valence-electron chi connectivity index (χ0n) is 17.2. The smallest absolute Gasteiger partial charge is 0.341 e. The number of nitriles is 1. The van der Waals surface area contributed by atoms with E-state index in [1.165, 1.54) is 32.9 Å². The van der Waals surface area contributed by atoms with Crippen molar-refractivity contribution in [3.8, 4) is 29.3 Å². The fourth-order valence-corrected chi connectivity index (χ4v) is 2.69. The lowest BCUT2D eigenvalue weighted by molar-refractivity contribution is -0.133. The molecule has 0 saturated carbocycles. The van der Waals surface area contributed by atoms with Crippen LogP contribution in [0.5, 0.6) is 23.3 Å². The third kappa shape index (κ3) is 5.16. The van der Waals surface area contributed by atoms with E-state index in [2.05, 4.69) is 16.0 Å². The lowest BCUT2D eigenvalue weighted by Crippen LogP contribution is -2.06. The Morgan fingerprint density at radius 3 is 2.39 bits per heavy atom. The molecule has 0 bridgehead atoms. The van der Waals surface area contributed by atoms with Crippen molar-refractivity contribution in [1.82, 2.24) is 9.97 Å². The molecule has 3 aromatic rings. The minimum absolute atomic E-state index is 0.185. The largest absolute Gasteiger partial charge is 0.503 e. The van der Waals surface area contributed by atoms with Crippen LogP contribution >= 0.6 is 0 Å². The van der Waals surface area contributed by atoms with Crippen molar-refractivity contribution in [2.75, 3.05) is 14.2 Å². The van der Waals surface area contributed by atoms with Gasteiger partial charge >= 0.3 is 5.97 Å². The van der Waals surface area contributed by atoms with Crippen LogP contribution in [-0.2, 0) is 14.3 Å². The standard InChI is InChI=1S/C23H19N3O5/c1-15-8-9-16(12-24)20(10-15)31-22-11-21(25-14-26-22)30-19-7-5-4-6-17(19)18(13-28-2)23(27)29-3/h4-11,13-14H,1-3H3/b18-13+. The number of aromatic nitrogens is 2. The normalized spacial score (nSPS) is 10.7. The summed E-state index contributed by atoms with van der Waals surface area (Å²) in [6.45, 7) is 1.89. The van der Waals surface area contributed by atoms with Crippen LogP contribution in [0.4, 0.5) is 0 Å². The monoisotopic (exact) mass is 417 g/mol. The topological polar surface area (TPSA) is 104 Å². The summed E-state index contributed by atoms with van der Waals surface area (Å²) in [5, 5.41) is 9.29. The quantitative estimate of drug-likeness (QED) is 0.316. The highest BCUT2D eigenvalue weighted by Gasteiger charge is 2.18. The molecule has 1 heterocycles. The SMILES string of the molecule is CO/C=C(/C(=O)OC)c1ccccc1Oc1cc(Oc2cc(C)ccc2C#N)ncn1. The molecule has 0 amide bonds. The first-order chi connectivity index (χ1) is 15.0. The summed E-state index contributed by atoms with van der Waals surface area (Å²) < 4.78 is 21.5. The van der Waals surface area contributed by atoms with Gasteiger partial charge in [-0.15, -0.1) is 0 Å². The predicted octanol–water partition coefficient (Wildman–Crippen LogP) is 4.40. The van der Waals surface area contributed by atoms with Crippen LogP contribution in [0, 0.1) is 18.3 Å². The summed E-state index contributed by atoms with van der Waals surface area (Å²) >= 11 is 0. The molecule has 0 unspecified atom stereocenters. The predicted molar refractivity (Wildman–Crippen MR) is 112 cm³/mol. The van der Waals surface area contributed by atoms with Crippen LogP contribution in [0.1, 0.15) is 16.7 Å². The molecule has 0 aliphatic heterocycles. The summed E-state index contributed by atoms with van der Waals surface area (Å²) in [6, 6.07) is 15.7. The first-order valence-corrected chi connectivity index (χ1v) is 9.15. The van der Waals surface area contributed by atoms with Crippen LogP contribution in [0.3, 0.4) is 0 Å². The minimum atomic E-state index is -0.576. The number of aryl methyl sites for hydroxylation is 1. The number of carbonyl (C=O) groups is 1. The van der Waals surface area contributed by atoms with Crippen molar-refractivity contribution in [3.05, 3.63) is 77.8 Å². The molecule has 0 radical (unpaired) electrons. The van der Waals surface area contributed by atoms with Gasteiger partial charge in [-0.1, -0.05) is 24.3 Å². The van der Waals surface area contributed by atoms with E-state index in [-0.39, 0.29) is 17.3 Å². The molecule has 0 atom stereocenters. The van der Waals surface area contributed by atoms with Crippen LogP contribution < -0.4 is 9.47 Å². The molecule has 156 valence electrons. The minimum Gasteiger partial charge on any atom is -0.503 e. The Bertz CT molecular complexity index is 1170. The lowest BCUT2D eigenvalue weighted by atomic mass is 10.1. The summed E-state index contributed by atoms with van der Waals surface area (Å²) in [4.78, 5) is 20.3. The van der Waals surface area contributed by atoms with Gasteiger partial charge in [0.05, 0.1) is 32.1 Å². The number of methoxy groups -OCH3 is 2. The average molecular weight is 417 g/mol. The van der Waals surface area contributed by atoms with Gasteiger partial charge in [-0.2, -0.15) is 5.26 Å². The van der Waals surface area contributed by atoms with Gasteiger partial charge in [0.15, 0.2) is 0 Å². The number of ether oxygens (including phenoxy) is 4. The van der Waals surface area contributed by atoms with Crippen molar-refractivity contribution in [1.29, 1.82) is 5.26 Å². The van der Waals surface area contributed by atoms with Gasteiger partial charge in [0.2, 0.25) is 11.8 Å². The van der Waals surface area contributed by atoms with Crippen molar-refractivity contribution in [2.45, 2.75) is 6.92 Å². The first kappa shape index (κ1) is 21.3. The van der Waals surface area contributed by atoms with Gasteiger partial charge in [0.25, 0.3) is 0 Å². The Labute approximate surface area is 179 Å². The molecule has 0 N–H and O–H groups in total. The summed E-state index contributed by atoms with van der Waals surface area (Å²) in [6.07, 6.45) is 2.56. The van der Waals surface area contributed by atoms with E-state index in [1.807, 2.05) is 13.0 Å². The van der Waals surface area contributed by atoms with Crippen LogP contribution in [0.15, 0.2) is 61.1 Å². The fraction of sp³-hybridized carbons (Fsp3) is 0.130. The number of esters is 1. The van der Waals surface area contributed by atoms with Crippen molar-refractivity contribution >= 4 is 11.5 Å². The number of nitrogens with zero attached hydrogens (tertiary/aromatic N) is 3. The third-order valence-electron chi connectivity index (χ3n) is 4.12. The summed E-state index contributed by atoms with van der Waals surface area (Å²) in [5.74, 6) is 0.543. The number of hydrogen-bond acceptors (Lipinski definition) is 8. The van der Waals surface area contributed by atoms with Crippen LogP contribution in [-0.4, -0.2) is 30.2 Å². The summed E-state index contributed by atoms with van der Waals surface area (Å²) in [7, 11) is 2.71. The van der Waals surface area contributed by atoms with Gasteiger partial charge in [-0.25, -0.2) is 14.8 Å². The lowest BCUT2D eigenvalue weighted by Gasteiger charge is -2.13. The number of benzene rings is 2. The highest BCUT2D eigenvalue weighted by molar-refractivity contribution is 6.17. The number of rotatable bonds is 7. The maximum absolute atomic E-state index is 12.2. The maximum Gasteiger partial charge on any atom is 0.341 e. The highest BCUT2D eigenvalue weighted by Crippen LogP contribution is 2.32. The zero-order valence-corrected chi connectivity index (χ0v) is 17.2. The Kier molecular flexibility index (Phi) is 6.81. The van der Waals surface area contributed by atoms with Gasteiger partial charge in [0, 0.05) is 5.56 Å². The maximum atomic E-state index is 12.2. The Hall–Kier alpha value is -4.38. The van der Waals surface area contributed by atoms with Crippen molar-refractivity contribution in [2.24, 2.45) is 0 Å². The van der Waals surface area contributed by atoms with E-state index in [1.54, 1.807) is 36.4 Å². The van der Waals surface area contributed by atoms with E-state index in [0.717, 1.165) is 5.56 Å². The van der Waals surface area contributed by atoms with Gasteiger partial charge in [-0.05, 0) is 30.7 Å². The second-order valence-electron chi connectivity index (χ2n) is 6.26. The highest BCUT2D eigenvalue weighted by atomic mass is 16.5. The Balaban J connectivity index is 1.91. The van der Waals surface area contributed by atoms with Gasteiger partial charge in [0.1, 0.15) is 29.5 Å². The second-order valence-corrected chi connectivity index (χ2v) is 6.26. The van der Waals surface area contributed by atoms with Crippen LogP contribution in [0.2, 0.25) is 0 Å². The number of para-hydroxylation sites is 1. The van der Waals surface area contributed by atoms with E-state index >= 15 is 0 Å². The average Bonchev–Trinajstić information content (AvgIpc) is 2.78. The molecular formula is C23H19N3O5. The molecule has 8 heteroatoms. The Morgan fingerprint density at radius 2 is 1.71 bits per heavy atom. The van der Waals surface area contributed by atoms with E-state index in [4.69, 9.17) is 18.9 Å². The zero-order chi connectivity index (χ0) is 22.2. The molecule has 0 saturated heterocycles. The summed E-state index contributed by atoms with van der Waals surface area (Å²) in [5.41, 5.74) is 1.96. The van der Waals surface area contributed by atoms with E-state index in [0.29, 0.717) is 22.6 Å². The fourth-order valence-electron chi connectivity index (χ4n) is 2.69. The molecule has 8 nitrogen and oxygen atoms in total. The molecule has 0 fully saturated rings. The molecule has 3 rings (SSSR count). The Morgan fingerprint density at radius 1 is 1.00 bits per heavy atom. The number of hydrogen-bond donors (Lipinski definition) is 0. The van der Waals surface area contributed by atoms with E-state index in [9.17, 15) is 10.1 Å². The van der Waals surface area contributed by atoms with Gasteiger partial charge < -0.3 is 18.9 Å². The third-order valence-corrected chi connectivity index (χ3v) is 4.12. The molecule has 0 aliphatic carbocycles. The van der Waals surface area contributed by atoms with Crippen molar-refractivity contribution < 1.29 is 23.7 Å². The molecular weight excluding hydrogens is 398 g/mol. The number of carbonyl (C=O) groups excluding carboxylic acids is 1. The van der Waals surface area contributed by atoms with Gasteiger partial charge in [-0.3, -0.25) is 0 Å². The molecule has 1 aromatic heterocycles. The van der Waals surface area contributed by atoms with Crippen LogP contribution in [0.25, 0.3) is 5.57 Å². The molecule has 0 aliphatic rings. The second kappa shape index (κ2) is 9.89. The molecule has 2 aromatic carbocycles.